The van der Waals surface area contributed by atoms with Crippen LogP contribution in [0.2, 0.25) is 0 Å². The number of rotatable bonds is 5. The van der Waals surface area contributed by atoms with Crippen molar-refractivity contribution in [2.24, 2.45) is 5.73 Å². The van der Waals surface area contributed by atoms with Crippen LogP contribution in [0.3, 0.4) is 0 Å². The number of pyridine rings is 1. The first-order valence-electron chi connectivity index (χ1n) is 5.29. The zero-order valence-corrected chi connectivity index (χ0v) is 9.51. The lowest BCUT2D eigenvalue weighted by Crippen LogP contribution is -2.35. The third-order valence-corrected chi connectivity index (χ3v) is 2.19. The molecule has 1 aromatic heterocycles. The second-order valence-corrected chi connectivity index (χ2v) is 3.65. The van der Waals surface area contributed by atoms with E-state index >= 15 is 0 Å². The number of hydrogen-bond acceptors (Lipinski definition) is 4. The molecule has 1 aromatic rings. The molecule has 0 aliphatic rings. The molecule has 0 saturated heterocycles. The Kier molecular flexibility index (Phi) is 4.59. The predicted molar refractivity (Wildman–Crippen MR) is 62.7 cm³/mol. The quantitative estimate of drug-likeness (QED) is 0.703. The van der Waals surface area contributed by atoms with Gasteiger partial charge in [0.15, 0.2) is 0 Å². The van der Waals surface area contributed by atoms with Gasteiger partial charge < -0.3 is 16.2 Å². The molecule has 0 spiro atoms. The first-order valence-corrected chi connectivity index (χ1v) is 5.29. The number of carbonyl (C=O) groups is 2. The molecule has 17 heavy (non-hydrogen) atoms. The maximum Gasteiger partial charge on any atom is 0.337 e. The molecule has 0 unspecified atom stereocenters. The van der Waals surface area contributed by atoms with Gasteiger partial charge in [-0.05, 0) is 12.5 Å². The van der Waals surface area contributed by atoms with Crippen LogP contribution < -0.4 is 11.1 Å². The van der Waals surface area contributed by atoms with Gasteiger partial charge in [0.25, 0.3) is 0 Å². The van der Waals surface area contributed by atoms with Crippen molar-refractivity contribution in [2.75, 3.05) is 5.32 Å². The van der Waals surface area contributed by atoms with Crippen LogP contribution in [0.5, 0.6) is 0 Å². The first-order chi connectivity index (χ1) is 8.04. The van der Waals surface area contributed by atoms with Crippen molar-refractivity contribution < 1.29 is 14.7 Å². The van der Waals surface area contributed by atoms with Crippen LogP contribution >= 0.6 is 0 Å². The van der Waals surface area contributed by atoms with Crippen molar-refractivity contribution in [3.05, 3.63) is 24.0 Å². The van der Waals surface area contributed by atoms with E-state index in [1.807, 2.05) is 6.92 Å². The summed E-state index contributed by atoms with van der Waals surface area (Å²) in [7, 11) is 0. The summed E-state index contributed by atoms with van der Waals surface area (Å²) < 4.78 is 0. The average Bonchev–Trinajstić information content (AvgIpc) is 2.29. The number of hydrogen-bond donors (Lipinski definition) is 3. The molecule has 1 atom stereocenters. The van der Waals surface area contributed by atoms with E-state index in [1.54, 1.807) is 0 Å². The summed E-state index contributed by atoms with van der Waals surface area (Å²) in [5.41, 5.74) is 5.98. The lowest BCUT2D eigenvalue weighted by atomic mass is 10.1. The molecule has 0 radical (unpaired) electrons. The van der Waals surface area contributed by atoms with Crippen LogP contribution in [0, 0.1) is 0 Å². The van der Waals surface area contributed by atoms with E-state index in [0.29, 0.717) is 12.1 Å². The minimum atomic E-state index is -1.09. The summed E-state index contributed by atoms with van der Waals surface area (Å²) >= 11 is 0. The van der Waals surface area contributed by atoms with Gasteiger partial charge in [-0.2, -0.15) is 0 Å². The van der Waals surface area contributed by atoms with E-state index in [4.69, 9.17) is 10.8 Å². The van der Waals surface area contributed by atoms with E-state index < -0.39 is 12.0 Å². The van der Waals surface area contributed by atoms with E-state index in [1.165, 1.54) is 18.5 Å². The average molecular weight is 237 g/mol. The van der Waals surface area contributed by atoms with E-state index in [9.17, 15) is 9.59 Å². The van der Waals surface area contributed by atoms with Crippen molar-refractivity contribution in [1.29, 1.82) is 0 Å². The van der Waals surface area contributed by atoms with Crippen molar-refractivity contribution in [3.63, 3.8) is 0 Å². The molecule has 0 aromatic carbocycles. The fraction of sp³-hybridized carbons (Fsp3) is 0.364. The molecule has 4 N–H and O–H groups in total. The Morgan fingerprint density at radius 3 is 2.82 bits per heavy atom. The maximum atomic E-state index is 11.6. The lowest BCUT2D eigenvalue weighted by molar-refractivity contribution is -0.117. The Bertz CT molecular complexity index is 420. The molecule has 6 nitrogen and oxygen atoms in total. The molecular formula is C11H15N3O3. The molecule has 6 heteroatoms. The molecular weight excluding hydrogens is 222 g/mol. The highest BCUT2D eigenvalue weighted by atomic mass is 16.4. The number of carbonyl (C=O) groups excluding carboxylic acids is 1. The van der Waals surface area contributed by atoms with Gasteiger partial charge in [0.05, 0.1) is 23.5 Å². The third kappa shape index (κ3) is 3.84. The van der Waals surface area contributed by atoms with Crippen LogP contribution in [0.1, 0.15) is 30.1 Å². The topological polar surface area (TPSA) is 105 Å². The van der Waals surface area contributed by atoms with Gasteiger partial charge in [-0.15, -0.1) is 0 Å². The van der Waals surface area contributed by atoms with Crippen LogP contribution in [0.4, 0.5) is 5.69 Å². The van der Waals surface area contributed by atoms with Crippen molar-refractivity contribution in [2.45, 2.75) is 25.8 Å². The normalized spacial score (nSPS) is 11.9. The first kappa shape index (κ1) is 13.1. The van der Waals surface area contributed by atoms with E-state index in [-0.39, 0.29) is 11.5 Å². The number of amides is 1. The molecule has 0 bridgehead atoms. The number of carboxylic acid groups (broad SMARTS) is 1. The number of anilines is 1. The van der Waals surface area contributed by atoms with Gasteiger partial charge in [-0.3, -0.25) is 9.78 Å². The number of nitrogens with one attached hydrogen (secondary N) is 1. The Labute approximate surface area is 98.8 Å². The highest BCUT2D eigenvalue weighted by molar-refractivity contribution is 5.96. The summed E-state index contributed by atoms with van der Waals surface area (Å²) in [6.45, 7) is 1.93. The molecule has 0 aliphatic heterocycles. The Hall–Kier alpha value is -1.95. The van der Waals surface area contributed by atoms with Gasteiger partial charge in [0.2, 0.25) is 5.91 Å². The monoisotopic (exact) mass is 237 g/mol. The standard InChI is InChI=1S/C11H15N3O3/c1-2-3-9(12)10(15)14-8-4-7(11(16)17)5-13-6-8/h4-6,9H,2-3,12H2,1H3,(H,14,15)(H,16,17)/t9-/m1/s1. The number of aromatic nitrogens is 1. The number of nitrogens with zero attached hydrogens (tertiary/aromatic N) is 1. The van der Waals surface area contributed by atoms with Crippen molar-refractivity contribution in [3.8, 4) is 0 Å². The second-order valence-electron chi connectivity index (χ2n) is 3.65. The van der Waals surface area contributed by atoms with E-state index in [2.05, 4.69) is 10.3 Å². The molecule has 0 saturated carbocycles. The minimum absolute atomic E-state index is 0.0202. The minimum Gasteiger partial charge on any atom is -0.478 e. The number of nitrogens with two attached hydrogens (primary N) is 1. The molecule has 1 rings (SSSR count). The van der Waals surface area contributed by atoms with E-state index in [0.717, 1.165) is 6.42 Å². The van der Waals surface area contributed by atoms with Gasteiger partial charge in [0, 0.05) is 6.20 Å². The zero-order valence-electron chi connectivity index (χ0n) is 9.51. The summed E-state index contributed by atoms with van der Waals surface area (Å²) in [5, 5.41) is 11.3. The summed E-state index contributed by atoms with van der Waals surface area (Å²) in [4.78, 5) is 26.0. The number of carboxylic acids is 1. The Balaban J connectivity index is 2.71. The smallest absolute Gasteiger partial charge is 0.337 e. The highest BCUT2D eigenvalue weighted by Crippen LogP contribution is 2.09. The van der Waals surface area contributed by atoms with Crippen molar-refractivity contribution >= 4 is 17.6 Å². The largest absolute Gasteiger partial charge is 0.478 e. The van der Waals surface area contributed by atoms with Crippen LogP contribution in [-0.2, 0) is 4.79 Å². The van der Waals surface area contributed by atoms with Gasteiger partial charge in [-0.1, -0.05) is 13.3 Å². The van der Waals surface area contributed by atoms with Gasteiger partial charge in [0.1, 0.15) is 0 Å². The molecule has 1 heterocycles. The molecule has 92 valence electrons. The predicted octanol–water partition coefficient (Wildman–Crippen LogP) is 0.846. The summed E-state index contributed by atoms with van der Waals surface area (Å²) in [6.07, 6.45) is 3.98. The lowest BCUT2D eigenvalue weighted by Gasteiger charge is -2.10. The summed E-state index contributed by atoms with van der Waals surface area (Å²) in [5.74, 6) is -1.43. The van der Waals surface area contributed by atoms with Gasteiger partial charge >= 0.3 is 5.97 Å². The highest BCUT2D eigenvalue weighted by Gasteiger charge is 2.13. The van der Waals surface area contributed by atoms with Gasteiger partial charge in [-0.25, -0.2) is 4.79 Å². The maximum absolute atomic E-state index is 11.6. The van der Waals surface area contributed by atoms with Crippen LogP contribution in [0.15, 0.2) is 18.5 Å². The SMILES string of the molecule is CCC[C@@H](N)C(=O)Nc1cncc(C(=O)O)c1. The Morgan fingerprint density at radius 1 is 1.53 bits per heavy atom. The van der Waals surface area contributed by atoms with Crippen molar-refractivity contribution in [1.82, 2.24) is 4.98 Å². The third-order valence-electron chi connectivity index (χ3n) is 2.19. The Morgan fingerprint density at radius 2 is 2.24 bits per heavy atom. The fourth-order valence-electron chi connectivity index (χ4n) is 1.30. The molecule has 0 fully saturated rings. The fourth-order valence-corrected chi connectivity index (χ4v) is 1.30. The number of aromatic carboxylic acids is 1. The van der Waals surface area contributed by atoms with Crippen LogP contribution in [-0.4, -0.2) is 28.0 Å². The summed E-state index contributed by atoms with van der Waals surface area (Å²) in [6, 6.07) is 0.750. The zero-order chi connectivity index (χ0) is 12.8. The molecule has 0 aliphatic carbocycles. The van der Waals surface area contributed by atoms with Crippen LogP contribution in [0.25, 0.3) is 0 Å². The second kappa shape index (κ2) is 5.95. The molecule has 1 amide bonds.